The van der Waals surface area contributed by atoms with Crippen molar-refractivity contribution >= 4 is 0 Å². The summed E-state index contributed by atoms with van der Waals surface area (Å²) in [6, 6.07) is 0. The molecule has 0 rings (SSSR count). The van der Waals surface area contributed by atoms with E-state index < -0.39 is 0 Å². The van der Waals surface area contributed by atoms with Crippen LogP contribution in [0, 0.1) is 0 Å². The molecule has 0 aromatic heterocycles. The first-order valence-corrected chi connectivity index (χ1v) is 3.78. The molecule has 1 N–H and O–H groups in total. The number of aliphatic hydroxyl groups is 1. The third-order valence-corrected chi connectivity index (χ3v) is 1.20. The van der Waals surface area contributed by atoms with Crippen molar-refractivity contribution in [3.05, 3.63) is 24.3 Å². The Hall–Kier alpha value is -0.560. The number of hydrogen-bond donors (Lipinski definition) is 1. The minimum Gasteiger partial charge on any atom is -0.396 e. The molecule has 1 heteroatoms. The van der Waals surface area contributed by atoms with Crippen molar-refractivity contribution in [3.8, 4) is 0 Å². The van der Waals surface area contributed by atoms with Gasteiger partial charge in [0.2, 0.25) is 0 Å². The second-order valence-corrected chi connectivity index (χ2v) is 2.14. The van der Waals surface area contributed by atoms with E-state index in [1.807, 2.05) is 13.0 Å². The predicted molar refractivity (Wildman–Crippen MR) is 44.9 cm³/mol. The zero-order valence-corrected chi connectivity index (χ0v) is 6.59. The van der Waals surface area contributed by atoms with E-state index in [2.05, 4.69) is 18.2 Å². The van der Waals surface area contributed by atoms with Crippen LogP contribution in [0.1, 0.15) is 26.2 Å². The van der Waals surface area contributed by atoms with E-state index in [1.165, 1.54) is 0 Å². The van der Waals surface area contributed by atoms with Gasteiger partial charge in [-0.2, -0.15) is 0 Å². The Morgan fingerprint density at radius 2 is 2.00 bits per heavy atom. The van der Waals surface area contributed by atoms with Gasteiger partial charge in [-0.3, -0.25) is 0 Å². The van der Waals surface area contributed by atoms with E-state index in [0.717, 1.165) is 19.3 Å². The normalized spacial score (nSPS) is 11.8. The van der Waals surface area contributed by atoms with Gasteiger partial charge in [-0.25, -0.2) is 0 Å². The quantitative estimate of drug-likeness (QED) is 0.459. The molecular formula is C9H16O. The van der Waals surface area contributed by atoms with Crippen LogP contribution in [0.15, 0.2) is 24.3 Å². The van der Waals surface area contributed by atoms with Crippen molar-refractivity contribution in [1.29, 1.82) is 0 Å². The highest BCUT2D eigenvalue weighted by Crippen LogP contribution is 1.92. The van der Waals surface area contributed by atoms with Crippen molar-refractivity contribution in [2.75, 3.05) is 6.61 Å². The molecular weight excluding hydrogens is 124 g/mol. The van der Waals surface area contributed by atoms with E-state index in [-0.39, 0.29) is 0 Å². The topological polar surface area (TPSA) is 20.2 Å². The van der Waals surface area contributed by atoms with Crippen molar-refractivity contribution in [2.45, 2.75) is 26.2 Å². The number of allylic oxidation sites excluding steroid dienone is 4. The lowest BCUT2D eigenvalue weighted by Gasteiger charge is -1.86. The van der Waals surface area contributed by atoms with E-state index in [9.17, 15) is 0 Å². The standard InChI is InChI=1S/C9H16O/c1-2-3-4-5-6-7-8-9-10/h2-3,5-6,10H,4,7-9H2,1H3/b3-2+,6-5+. The first kappa shape index (κ1) is 9.44. The van der Waals surface area contributed by atoms with Gasteiger partial charge in [0.15, 0.2) is 0 Å². The van der Waals surface area contributed by atoms with Gasteiger partial charge in [-0.05, 0) is 26.2 Å². The fourth-order valence-corrected chi connectivity index (χ4v) is 0.638. The van der Waals surface area contributed by atoms with Crippen LogP contribution < -0.4 is 0 Å². The molecule has 0 heterocycles. The van der Waals surface area contributed by atoms with Crippen LogP contribution >= 0.6 is 0 Å². The summed E-state index contributed by atoms with van der Waals surface area (Å²) < 4.78 is 0. The largest absolute Gasteiger partial charge is 0.396 e. The average molecular weight is 140 g/mol. The SMILES string of the molecule is C/C=C/C/C=C/CCCO. The van der Waals surface area contributed by atoms with Crippen LogP contribution in [0.3, 0.4) is 0 Å². The lowest BCUT2D eigenvalue weighted by Crippen LogP contribution is -1.77. The molecule has 1 nitrogen and oxygen atoms in total. The molecule has 0 bridgehead atoms. The zero-order valence-electron chi connectivity index (χ0n) is 6.59. The number of rotatable bonds is 5. The first-order chi connectivity index (χ1) is 4.91. The summed E-state index contributed by atoms with van der Waals surface area (Å²) in [5, 5.41) is 8.42. The maximum Gasteiger partial charge on any atom is 0.0433 e. The van der Waals surface area contributed by atoms with Crippen molar-refractivity contribution < 1.29 is 5.11 Å². The van der Waals surface area contributed by atoms with E-state index >= 15 is 0 Å². The molecule has 0 saturated heterocycles. The third kappa shape index (κ3) is 7.44. The van der Waals surface area contributed by atoms with Crippen LogP contribution in [0.2, 0.25) is 0 Å². The van der Waals surface area contributed by atoms with Gasteiger partial charge in [-0.15, -0.1) is 0 Å². The Labute approximate surface area is 63.1 Å². The van der Waals surface area contributed by atoms with E-state index in [0.29, 0.717) is 6.61 Å². The molecule has 0 spiro atoms. The summed E-state index contributed by atoms with van der Waals surface area (Å²) in [4.78, 5) is 0. The van der Waals surface area contributed by atoms with Crippen LogP contribution in [0.5, 0.6) is 0 Å². The van der Waals surface area contributed by atoms with Gasteiger partial charge in [0.1, 0.15) is 0 Å². The van der Waals surface area contributed by atoms with Crippen molar-refractivity contribution in [2.24, 2.45) is 0 Å². The number of aliphatic hydroxyl groups excluding tert-OH is 1. The van der Waals surface area contributed by atoms with Gasteiger partial charge in [0.25, 0.3) is 0 Å². The van der Waals surface area contributed by atoms with Gasteiger partial charge in [0.05, 0.1) is 0 Å². The van der Waals surface area contributed by atoms with Gasteiger partial charge in [0, 0.05) is 6.61 Å². The third-order valence-electron chi connectivity index (χ3n) is 1.20. The molecule has 0 aromatic rings. The second kappa shape index (κ2) is 8.44. The van der Waals surface area contributed by atoms with Crippen LogP contribution in [0.25, 0.3) is 0 Å². The summed E-state index contributed by atoms with van der Waals surface area (Å²) in [5.74, 6) is 0. The molecule has 0 radical (unpaired) electrons. The molecule has 0 amide bonds. The van der Waals surface area contributed by atoms with Crippen molar-refractivity contribution in [3.63, 3.8) is 0 Å². The maximum absolute atomic E-state index is 8.42. The molecule has 0 saturated carbocycles. The Kier molecular flexibility index (Phi) is 7.97. The van der Waals surface area contributed by atoms with Gasteiger partial charge < -0.3 is 5.11 Å². The Morgan fingerprint density at radius 3 is 2.60 bits per heavy atom. The van der Waals surface area contributed by atoms with Crippen LogP contribution in [-0.2, 0) is 0 Å². The summed E-state index contributed by atoms with van der Waals surface area (Å²) in [6.45, 7) is 2.32. The zero-order chi connectivity index (χ0) is 7.66. The fraction of sp³-hybridized carbons (Fsp3) is 0.556. The molecule has 0 aliphatic carbocycles. The highest BCUT2D eigenvalue weighted by Gasteiger charge is 1.76. The molecule has 0 fully saturated rings. The minimum absolute atomic E-state index is 0.300. The minimum atomic E-state index is 0.300. The van der Waals surface area contributed by atoms with Crippen LogP contribution in [-0.4, -0.2) is 11.7 Å². The number of hydrogen-bond acceptors (Lipinski definition) is 1. The monoisotopic (exact) mass is 140 g/mol. The highest BCUT2D eigenvalue weighted by atomic mass is 16.2. The molecule has 0 aromatic carbocycles. The Morgan fingerprint density at radius 1 is 1.20 bits per heavy atom. The fourth-order valence-electron chi connectivity index (χ4n) is 0.638. The van der Waals surface area contributed by atoms with Gasteiger partial charge in [-0.1, -0.05) is 24.3 Å². The first-order valence-electron chi connectivity index (χ1n) is 3.78. The second-order valence-electron chi connectivity index (χ2n) is 2.14. The highest BCUT2D eigenvalue weighted by molar-refractivity contribution is 4.90. The van der Waals surface area contributed by atoms with Crippen LogP contribution in [0.4, 0.5) is 0 Å². The molecule has 58 valence electrons. The lowest BCUT2D eigenvalue weighted by molar-refractivity contribution is 0.289. The molecule has 0 unspecified atom stereocenters. The predicted octanol–water partition coefficient (Wildman–Crippen LogP) is 2.28. The summed E-state index contributed by atoms with van der Waals surface area (Å²) in [7, 11) is 0. The van der Waals surface area contributed by atoms with Gasteiger partial charge >= 0.3 is 0 Å². The molecule has 0 aliphatic rings. The number of unbranched alkanes of at least 4 members (excludes halogenated alkanes) is 1. The van der Waals surface area contributed by atoms with E-state index in [1.54, 1.807) is 0 Å². The van der Waals surface area contributed by atoms with E-state index in [4.69, 9.17) is 5.11 Å². The summed E-state index contributed by atoms with van der Waals surface area (Å²) in [6.07, 6.45) is 11.3. The molecule has 10 heavy (non-hydrogen) atoms. The van der Waals surface area contributed by atoms with Crippen molar-refractivity contribution in [1.82, 2.24) is 0 Å². The maximum atomic E-state index is 8.42. The summed E-state index contributed by atoms with van der Waals surface area (Å²) in [5.41, 5.74) is 0. The lowest BCUT2D eigenvalue weighted by atomic mass is 10.2. The molecule has 0 aliphatic heterocycles. The Balaban J connectivity index is 3.04. The Bertz CT molecular complexity index is 103. The smallest absolute Gasteiger partial charge is 0.0433 e. The average Bonchev–Trinajstić information content (AvgIpc) is 1.97. The molecule has 0 atom stereocenters. The summed E-state index contributed by atoms with van der Waals surface area (Å²) >= 11 is 0.